The van der Waals surface area contributed by atoms with Crippen molar-refractivity contribution in [2.24, 2.45) is 4.99 Å². The van der Waals surface area contributed by atoms with E-state index in [-0.39, 0.29) is 17.2 Å². The lowest BCUT2D eigenvalue weighted by atomic mass is 10.1. The van der Waals surface area contributed by atoms with E-state index in [2.05, 4.69) is 54.0 Å². The number of hydrogen-bond acceptors (Lipinski definition) is 3. The van der Waals surface area contributed by atoms with Gasteiger partial charge in [0.2, 0.25) is 5.91 Å². The average Bonchev–Trinajstić information content (AvgIpc) is 2.57. The Kier molecular flexibility index (Phi) is 8.68. The minimum absolute atomic E-state index is 0.0887. The molecule has 0 unspecified atom stereocenters. The summed E-state index contributed by atoms with van der Waals surface area (Å²) < 4.78 is 0.110. The fraction of sp³-hybridized carbons (Fsp3) is 0.556. The SMILES string of the molecule is CCNC(=NCC(=O)Nc1cccc(CC)c1)NCC(C)(C)SC. The van der Waals surface area contributed by atoms with Crippen LogP contribution in [0.25, 0.3) is 0 Å². The number of rotatable bonds is 8. The second kappa shape index (κ2) is 10.2. The maximum absolute atomic E-state index is 12.1. The highest BCUT2D eigenvalue weighted by atomic mass is 32.2. The van der Waals surface area contributed by atoms with E-state index in [4.69, 9.17) is 0 Å². The van der Waals surface area contributed by atoms with E-state index in [1.807, 2.05) is 25.1 Å². The van der Waals surface area contributed by atoms with Gasteiger partial charge in [0.15, 0.2) is 5.96 Å². The van der Waals surface area contributed by atoms with Crippen LogP contribution in [0, 0.1) is 0 Å². The summed E-state index contributed by atoms with van der Waals surface area (Å²) in [6.07, 6.45) is 3.03. The number of benzene rings is 1. The Bertz CT molecular complexity index is 558. The van der Waals surface area contributed by atoms with Gasteiger partial charge in [0.05, 0.1) is 0 Å². The molecule has 0 fully saturated rings. The van der Waals surface area contributed by atoms with Gasteiger partial charge >= 0.3 is 0 Å². The van der Waals surface area contributed by atoms with Gasteiger partial charge in [-0.25, -0.2) is 4.99 Å². The summed E-state index contributed by atoms with van der Waals surface area (Å²) in [5.41, 5.74) is 2.02. The number of thioether (sulfide) groups is 1. The fourth-order valence-corrected chi connectivity index (χ4v) is 2.15. The van der Waals surface area contributed by atoms with Crippen LogP contribution in [-0.4, -0.2) is 42.5 Å². The third-order valence-corrected chi connectivity index (χ3v) is 4.83. The molecular formula is C18H30N4OS. The van der Waals surface area contributed by atoms with Gasteiger partial charge in [-0.2, -0.15) is 11.8 Å². The predicted molar refractivity (Wildman–Crippen MR) is 106 cm³/mol. The van der Waals surface area contributed by atoms with Crippen LogP contribution in [0.3, 0.4) is 0 Å². The molecule has 24 heavy (non-hydrogen) atoms. The molecule has 1 rings (SSSR count). The van der Waals surface area contributed by atoms with Gasteiger partial charge in [0.1, 0.15) is 6.54 Å². The number of nitrogens with zero attached hydrogens (tertiary/aromatic N) is 1. The third kappa shape index (κ3) is 7.73. The molecule has 134 valence electrons. The van der Waals surface area contributed by atoms with Crippen LogP contribution in [0.1, 0.15) is 33.3 Å². The first-order valence-electron chi connectivity index (χ1n) is 8.36. The normalized spacial score (nSPS) is 12.0. The highest BCUT2D eigenvalue weighted by molar-refractivity contribution is 7.99. The highest BCUT2D eigenvalue weighted by Crippen LogP contribution is 2.19. The molecule has 0 bridgehead atoms. The Labute approximate surface area is 150 Å². The molecule has 5 nitrogen and oxygen atoms in total. The summed E-state index contributed by atoms with van der Waals surface area (Å²) in [6, 6.07) is 7.89. The van der Waals surface area contributed by atoms with Crippen molar-refractivity contribution in [3.63, 3.8) is 0 Å². The maximum Gasteiger partial charge on any atom is 0.246 e. The van der Waals surface area contributed by atoms with E-state index in [9.17, 15) is 4.79 Å². The van der Waals surface area contributed by atoms with E-state index in [1.54, 1.807) is 11.8 Å². The fourth-order valence-electron chi connectivity index (χ4n) is 1.93. The average molecular weight is 351 g/mol. The molecule has 0 aliphatic carbocycles. The number of guanidine groups is 1. The van der Waals surface area contributed by atoms with Gasteiger partial charge in [-0.3, -0.25) is 4.79 Å². The van der Waals surface area contributed by atoms with Crippen LogP contribution >= 0.6 is 11.8 Å². The molecule has 0 spiro atoms. The molecule has 1 aromatic rings. The predicted octanol–water partition coefficient (Wildman–Crippen LogP) is 2.88. The minimum atomic E-state index is -0.121. The summed E-state index contributed by atoms with van der Waals surface area (Å²) in [4.78, 5) is 16.5. The van der Waals surface area contributed by atoms with Crippen molar-refractivity contribution in [2.45, 2.75) is 38.9 Å². The van der Waals surface area contributed by atoms with Crippen molar-refractivity contribution in [1.29, 1.82) is 0 Å². The number of amides is 1. The third-order valence-electron chi connectivity index (χ3n) is 3.58. The molecule has 0 aromatic heterocycles. The number of carbonyl (C=O) groups excluding carboxylic acids is 1. The molecule has 0 radical (unpaired) electrons. The minimum Gasteiger partial charge on any atom is -0.357 e. The molecule has 0 atom stereocenters. The van der Waals surface area contributed by atoms with E-state index in [0.29, 0.717) is 5.96 Å². The topological polar surface area (TPSA) is 65.5 Å². The summed E-state index contributed by atoms with van der Waals surface area (Å²) in [6.45, 7) is 10.1. The zero-order chi connectivity index (χ0) is 18.0. The van der Waals surface area contributed by atoms with E-state index in [0.717, 1.165) is 25.2 Å². The molecule has 0 heterocycles. The quantitative estimate of drug-likeness (QED) is 0.498. The zero-order valence-electron chi connectivity index (χ0n) is 15.4. The van der Waals surface area contributed by atoms with E-state index < -0.39 is 0 Å². The van der Waals surface area contributed by atoms with Crippen LogP contribution in [0.15, 0.2) is 29.3 Å². The zero-order valence-corrected chi connectivity index (χ0v) is 16.2. The van der Waals surface area contributed by atoms with Gasteiger partial charge in [-0.05, 0) is 51.1 Å². The van der Waals surface area contributed by atoms with Crippen LogP contribution < -0.4 is 16.0 Å². The molecule has 3 N–H and O–H groups in total. The molecule has 0 saturated carbocycles. The smallest absolute Gasteiger partial charge is 0.246 e. The van der Waals surface area contributed by atoms with Crippen molar-refractivity contribution in [1.82, 2.24) is 10.6 Å². The number of aryl methyl sites for hydroxylation is 1. The molecule has 0 saturated heterocycles. The maximum atomic E-state index is 12.1. The first kappa shape index (κ1) is 20.4. The second-order valence-corrected chi connectivity index (χ2v) is 7.63. The Morgan fingerprint density at radius 1 is 1.25 bits per heavy atom. The largest absolute Gasteiger partial charge is 0.357 e. The van der Waals surface area contributed by atoms with Crippen LogP contribution in [-0.2, 0) is 11.2 Å². The Morgan fingerprint density at radius 2 is 2.00 bits per heavy atom. The van der Waals surface area contributed by atoms with Crippen molar-refractivity contribution in [3.8, 4) is 0 Å². The van der Waals surface area contributed by atoms with Gasteiger partial charge in [-0.15, -0.1) is 0 Å². The van der Waals surface area contributed by atoms with Gasteiger partial charge in [0, 0.05) is 23.5 Å². The molecule has 6 heteroatoms. The number of hydrogen-bond donors (Lipinski definition) is 3. The second-order valence-electron chi connectivity index (χ2n) is 6.11. The van der Waals surface area contributed by atoms with E-state index >= 15 is 0 Å². The first-order chi connectivity index (χ1) is 11.4. The molecule has 0 aliphatic heterocycles. The van der Waals surface area contributed by atoms with Crippen LogP contribution in [0.2, 0.25) is 0 Å². The number of anilines is 1. The van der Waals surface area contributed by atoms with Gasteiger partial charge in [-0.1, -0.05) is 19.1 Å². The van der Waals surface area contributed by atoms with Crippen molar-refractivity contribution in [3.05, 3.63) is 29.8 Å². The lowest BCUT2D eigenvalue weighted by Crippen LogP contribution is -2.43. The van der Waals surface area contributed by atoms with Crippen LogP contribution in [0.4, 0.5) is 5.69 Å². The number of carbonyl (C=O) groups is 1. The summed E-state index contributed by atoms with van der Waals surface area (Å²) >= 11 is 1.79. The first-order valence-corrected chi connectivity index (χ1v) is 9.58. The van der Waals surface area contributed by atoms with Crippen molar-refractivity contribution >= 4 is 29.3 Å². The standard InChI is InChI=1S/C18H30N4OS/c1-6-14-9-8-10-15(11-14)22-16(23)12-20-17(19-7-2)21-13-18(3,4)24-5/h8-11H,6-7,12-13H2,1-5H3,(H,22,23)(H2,19,20,21). The Hall–Kier alpha value is -1.69. The van der Waals surface area contributed by atoms with Gasteiger partial charge < -0.3 is 16.0 Å². The Balaban J connectivity index is 2.59. The summed E-state index contributed by atoms with van der Waals surface area (Å²) in [7, 11) is 0. The molecule has 0 aliphatic rings. The lowest BCUT2D eigenvalue weighted by molar-refractivity contribution is -0.114. The van der Waals surface area contributed by atoms with Gasteiger partial charge in [0.25, 0.3) is 0 Å². The molecular weight excluding hydrogens is 320 g/mol. The lowest BCUT2D eigenvalue weighted by Gasteiger charge is -2.23. The Morgan fingerprint density at radius 3 is 2.62 bits per heavy atom. The summed E-state index contributed by atoms with van der Waals surface area (Å²) in [5, 5.41) is 9.35. The molecule has 1 amide bonds. The monoisotopic (exact) mass is 350 g/mol. The van der Waals surface area contributed by atoms with Crippen LogP contribution in [0.5, 0.6) is 0 Å². The van der Waals surface area contributed by atoms with Crippen molar-refractivity contribution in [2.75, 3.05) is 31.2 Å². The number of nitrogens with one attached hydrogen (secondary N) is 3. The van der Waals surface area contributed by atoms with E-state index in [1.165, 1.54) is 5.56 Å². The highest BCUT2D eigenvalue weighted by Gasteiger charge is 2.16. The van der Waals surface area contributed by atoms with Crippen molar-refractivity contribution < 1.29 is 4.79 Å². The number of aliphatic imine (C=N–C) groups is 1. The molecule has 1 aromatic carbocycles. The summed E-state index contributed by atoms with van der Waals surface area (Å²) in [5.74, 6) is 0.543.